The van der Waals surface area contributed by atoms with Crippen molar-refractivity contribution in [3.05, 3.63) is 6.20 Å². The average molecular weight is 258 g/mol. The lowest BCUT2D eigenvalue weighted by atomic mass is 10.3. The summed E-state index contributed by atoms with van der Waals surface area (Å²) in [5, 5.41) is 3.95. The van der Waals surface area contributed by atoms with E-state index in [0.717, 1.165) is 25.7 Å². The summed E-state index contributed by atoms with van der Waals surface area (Å²) < 4.78 is 28.4. The normalized spacial score (nSPS) is 17.7. The molecule has 3 N–H and O–H groups in total. The van der Waals surface area contributed by atoms with Gasteiger partial charge in [-0.3, -0.25) is 4.68 Å². The quantitative estimate of drug-likeness (QED) is 0.832. The summed E-state index contributed by atoms with van der Waals surface area (Å²) in [5.41, 5.74) is 5.63. The molecule has 0 spiro atoms. The molecule has 0 aliphatic heterocycles. The number of aromatic nitrogens is 2. The third-order valence-corrected chi connectivity index (χ3v) is 4.58. The topological polar surface area (TPSA) is 90.0 Å². The van der Waals surface area contributed by atoms with Crippen molar-refractivity contribution in [1.82, 2.24) is 14.5 Å². The Bertz CT molecular complexity index is 488. The first-order valence-corrected chi connectivity index (χ1v) is 7.36. The zero-order chi connectivity index (χ0) is 12.5. The van der Waals surface area contributed by atoms with E-state index in [4.69, 9.17) is 5.73 Å². The molecule has 1 aromatic heterocycles. The van der Waals surface area contributed by atoms with E-state index in [1.807, 2.05) is 6.92 Å². The zero-order valence-electron chi connectivity index (χ0n) is 9.89. The van der Waals surface area contributed by atoms with Gasteiger partial charge in [0.15, 0.2) is 5.82 Å². The van der Waals surface area contributed by atoms with Gasteiger partial charge in [-0.05, 0) is 19.8 Å². The van der Waals surface area contributed by atoms with Crippen LogP contribution >= 0.6 is 0 Å². The van der Waals surface area contributed by atoms with Gasteiger partial charge in [-0.15, -0.1) is 0 Å². The van der Waals surface area contributed by atoms with Crippen LogP contribution in [0, 0.1) is 0 Å². The molecule has 0 aromatic carbocycles. The van der Waals surface area contributed by atoms with Crippen LogP contribution in [-0.2, 0) is 16.6 Å². The maximum absolute atomic E-state index is 12.1. The molecule has 0 bridgehead atoms. The van der Waals surface area contributed by atoms with Crippen molar-refractivity contribution in [3.63, 3.8) is 0 Å². The number of nitrogen functional groups attached to an aromatic ring is 1. The van der Waals surface area contributed by atoms with Gasteiger partial charge in [0, 0.05) is 18.8 Å². The number of hydrogen-bond donors (Lipinski definition) is 2. The number of aryl methyl sites for hydroxylation is 1. The third kappa shape index (κ3) is 2.61. The summed E-state index contributed by atoms with van der Waals surface area (Å²) in [7, 11) is -3.52. The molecular formula is C10H18N4O2S. The van der Waals surface area contributed by atoms with Crippen molar-refractivity contribution in [2.24, 2.45) is 0 Å². The van der Waals surface area contributed by atoms with Crippen LogP contribution in [0.4, 0.5) is 5.82 Å². The molecule has 17 heavy (non-hydrogen) atoms. The molecular weight excluding hydrogens is 240 g/mol. The van der Waals surface area contributed by atoms with E-state index in [2.05, 4.69) is 9.82 Å². The average Bonchev–Trinajstić information content (AvgIpc) is 2.86. The second kappa shape index (κ2) is 4.66. The van der Waals surface area contributed by atoms with Crippen molar-refractivity contribution >= 4 is 15.8 Å². The second-order valence-corrected chi connectivity index (χ2v) is 6.02. The molecule has 1 aromatic rings. The molecule has 1 saturated carbocycles. The molecule has 6 nitrogen and oxygen atoms in total. The zero-order valence-corrected chi connectivity index (χ0v) is 10.7. The Morgan fingerprint density at radius 1 is 1.53 bits per heavy atom. The van der Waals surface area contributed by atoms with Crippen molar-refractivity contribution in [1.29, 1.82) is 0 Å². The van der Waals surface area contributed by atoms with Crippen LogP contribution in [0.3, 0.4) is 0 Å². The van der Waals surface area contributed by atoms with Crippen LogP contribution in [0.15, 0.2) is 11.1 Å². The number of rotatable bonds is 4. The SMILES string of the molecule is CCn1cc(S(=O)(=O)NC2CCCC2)c(N)n1. The monoisotopic (exact) mass is 258 g/mol. The minimum absolute atomic E-state index is 0.0457. The first-order chi connectivity index (χ1) is 8.03. The molecule has 0 amide bonds. The summed E-state index contributed by atoms with van der Waals surface area (Å²) in [5.74, 6) is 0.0670. The Labute approximate surface area is 101 Å². The first kappa shape index (κ1) is 12.4. The number of nitrogens with zero attached hydrogens (tertiary/aromatic N) is 2. The van der Waals surface area contributed by atoms with Crippen molar-refractivity contribution in [2.75, 3.05) is 5.73 Å². The highest BCUT2D eigenvalue weighted by atomic mass is 32.2. The maximum atomic E-state index is 12.1. The Balaban J connectivity index is 2.21. The van der Waals surface area contributed by atoms with E-state index < -0.39 is 10.0 Å². The highest BCUT2D eigenvalue weighted by molar-refractivity contribution is 7.89. The largest absolute Gasteiger partial charge is 0.381 e. The maximum Gasteiger partial charge on any atom is 0.246 e. The minimum atomic E-state index is -3.52. The predicted octanol–water partition coefficient (Wildman–Crippen LogP) is 0.706. The van der Waals surface area contributed by atoms with E-state index in [-0.39, 0.29) is 16.8 Å². The Morgan fingerprint density at radius 3 is 2.71 bits per heavy atom. The number of hydrogen-bond acceptors (Lipinski definition) is 4. The van der Waals surface area contributed by atoms with Crippen molar-refractivity contribution in [3.8, 4) is 0 Å². The Kier molecular flexibility index (Phi) is 3.39. The Morgan fingerprint density at radius 2 is 2.18 bits per heavy atom. The summed E-state index contributed by atoms with van der Waals surface area (Å²) in [6, 6.07) is 0.0457. The summed E-state index contributed by atoms with van der Waals surface area (Å²) in [6.07, 6.45) is 5.45. The number of anilines is 1. The molecule has 7 heteroatoms. The van der Waals surface area contributed by atoms with Gasteiger partial charge in [-0.2, -0.15) is 5.10 Å². The fourth-order valence-corrected chi connectivity index (χ4v) is 3.49. The molecule has 0 radical (unpaired) electrons. The lowest BCUT2D eigenvalue weighted by Gasteiger charge is -2.11. The van der Waals surface area contributed by atoms with Gasteiger partial charge in [0.25, 0.3) is 0 Å². The highest BCUT2D eigenvalue weighted by Crippen LogP contribution is 2.22. The summed E-state index contributed by atoms with van der Waals surface area (Å²) >= 11 is 0. The third-order valence-electron chi connectivity index (χ3n) is 3.05. The van der Waals surface area contributed by atoms with Crippen LogP contribution in [-0.4, -0.2) is 24.2 Å². The minimum Gasteiger partial charge on any atom is -0.381 e. The van der Waals surface area contributed by atoms with Gasteiger partial charge in [0.2, 0.25) is 10.0 Å². The van der Waals surface area contributed by atoms with Gasteiger partial charge in [0.1, 0.15) is 4.90 Å². The smallest absolute Gasteiger partial charge is 0.246 e. The van der Waals surface area contributed by atoms with Gasteiger partial charge >= 0.3 is 0 Å². The van der Waals surface area contributed by atoms with Crippen molar-refractivity contribution < 1.29 is 8.42 Å². The first-order valence-electron chi connectivity index (χ1n) is 5.88. The van der Waals surface area contributed by atoms with Gasteiger partial charge in [0.05, 0.1) is 0 Å². The second-order valence-electron chi connectivity index (χ2n) is 4.34. The molecule has 1 heterocycles. The van der Waals surface area contributed by atoms with Gasteiger partial charge in [-0.1, -0.05) is 12.8 Å². The predicted molar refractivity (Wildman–Crippen MR) is 64.9 cm³/mol. The standard InChI is InChI=1S/C10H18N4O2S/c1-2-14-7-9(10(11)12-14)17(15,16)13-8-5-3-4-6-8/h7-8,13H,2-6H2,1H3,(H2,11,12). The van der Waals surface area contributed by atoms with Crippen LogP contribution in [0.25, 0.3) is 0 Å². The van der Waals surface area contributed by atoms with Crippen LogP contribution in [0.5, 0.6) is 0 Å². The number of nitrogens with two attached hydrogens (primary N) is 1. The van der Waals surface area contributed by atoms with E-state index >= 15 is 0 Å². The summed E-state index contributed by atoms with van der Waals surface area (Å²) in [6.45, 7) is 2.48. The van der Waals surface area contributed by atoms with Crippen LogP contribution in [0.2, 0.25) is 0 Å². The van der Waals surface area contributed by atoms with Crippen LogP contribution in [0.1, 0.15) is 32.6 Å². The van der Waals surface area contributed by atoms with Crippen LogP contribution < -0.4 is 10.5 Å². The molecule has 2 rings (SSSR count). The molecule has 0 atom stereocenters. The van der Waals surface area contributed by atoms with Gasteiger partial charge in [-0.25, -0.2) is 13.1 Å². The number of nitrogens with one attached hydrogen (secondary N) is 1. The Hall–Kier alpha value is -1.08. The lowest BCUT2D eigenvalue weighted by molar-refractivity contribution is 0.552. The molecule has 1 aliphatic carbocycles. The molecule has 1 fully saturated rings. The van der Waals surface area contributed by atoms with E-state index in [1.54, 1.807) is 0 Å². The van der Waals surface area contributed by atoms with E-state index in [0.29, 0.717) is 6.54 Å². The number of sulfonamides is 1. The lowest BCUT2D eigenvalue weighted by Crippen LogP contribution is -2.32. The molecule has 96 valence electrons. The highest BCUT2D eigenvalue weighted by Gasteiger charge is 2.26. The summed E-state index contributed by atoms with van der Waals surface area (Å²) in [4.78, 5) is 0.0891. The fraction of sp³-hybridized carbons (Fsp3) is 0.700. The molecule has 0 unspecified atom stereocenters. The van der Waals surface area contributed by atoms with Gasteiger partial charge < -0.3 is 5.73 Å². The molecule has 0 saturated heterocycles. The van der Waals surface area contributed by atoms with Crippen molar-refractivity contribution in [2.45, 2.75) is 50.1 Å². The fourth-order valence-electron chi connectivity index (χ4n) is 2.11. The van der Waals surface area contributed by atoms with E-state index in [9.17, 15) is 8.42 Å². The van der Waals surface area contributed by atoms with E-state index in [1.165, 1.54) is 10.9 Å². The molecule has 1 aliphatic rings.